The number of carbonyl (C=O) groups is 1. The molecule has 0 fully saturated rings. The molecule has 7 nitrogen and oxygen atoms in total. The van der Waals surface area contributed by atoms with Crippen molar-refractivity contribution in [1.29, 1.82) is 5.26 Å². The first-order chi connectivity index (χ1) is 14.4. The highest BCUT2D eigenvalue weighted by Crippen LogP contribution is 2.39. The van der Waals surface area contributed by atoms with E-state index in [-0.39, 0.29) is 24.2 Å². The maximum atomic E-state index is 13.2. The number of hydrogen-bond acceptors (Lipinski definition) is 6. The van der Waals surface area contributed by atoms with Gasteiger partial charge in [-0.05, 0) is 18.6 Å². The summed E-state index contributed by atoms with van der Waals surface area (Å²) in [6.07, 6.45) is 0.0892. The SMILES string of the molecule is C=C(C#N)c1cccc2cc3c(nc12)-c1cc2c(c(=O)n1C3)COC(=O)[C@]2(O)CC. The fourth-order valence-electron chi connectivity index (χ4n) is 4.31. The zero-order valence-corrected chi connectivity index (χ0v) is 16.2. The van der Waals surface area contributed by atoms with Crippen molar-refractivity contribution in [2.75, 3.05) is 0 Å². The van der Waals surface area contributed by atoms with E-state index in [0.29, 0.717) is 40.1 Å². The molecule has 148 valence electrons. The standard InChI is InChI=1S/C23H17N3O4/c1-3-23(29)17-8-18-20-14(10-26(18)21(27)16(17)11-30-22(23)28)7-13-5-4-6-15(12(2)9-24)19(13)25-20/h4-8,29H,2-3,10-11H2,1H3/t23-/m0/s1. The molecule has 3 aromatic rings. The number of hydrogen-bond donors (Lipinski definition) is 1. The first-order valence-electron chi connectivity index (χ1n) is 9.58. The first kappa shape index (κ1) is 18.3. The van der Waals surface area contributed by atoms with E-state index in [2.05, 4.69) is 12.6 Å². The molecule has 0 saturated heterocycles. The number of fused-ring (bicyclic) bond motifs is 5. The van der Waals surface area contributed by atoms with Crippen molar-refractivity contribution >= 4 is 22.4 Å². The molecule has 2 aliphatic heterocycles. The Kier molecular flexibility index (Phi) is 3.73. The van der Waals surface area contributed by atoms with Crippen molar-refractivity contribution in [3.63, 3.8) is 0 Å². The number of cyclic esters (lactones) is 1. The molecule has 5 rings (SSSR count). The second-order valence-electron chi connectivity index (χ2n) is 7.57. The Hall–Kier alpha value is -3.76. The molecule has 0 saturated carbocycles. The Bertz CT molecular complexity index is 1400. The third-order valence-corrected chi connectivity index (χ3v) is 6.00. The predicted molar refractivity (Wildman–Crippen MR) is 109 cm³/mol. The van der Waals surface area contributed by atoms with Gasteiger partial charge in [-0.25, -0.2) is 9.78 Å². The lowest BCUT2D eigenvalue weighted by molar-refractivity contribution is -0.172. The van der Waals surface area contributed by atoms with Gasteiger partial charge in [0.05, 0.1) is 40.7 Å². The van der Waals surface area contributed by atoms with Gasteiger partial charge >= 0.3 is 5.97 Å². The molecule has 1 aromatic carbocycles. The summed E-state index contributed by atoms with van der Waals surface area (Å²) in [5.41, 5.74) is 1.95. The van der Waals surface area contributed by atoms with E-state index in [9.17, 15) is 20.0 Å². The number of para-hydroxylation sites is 1. The molecular formula is C23H17N3O4. The normalized spacial score (nSPS) is 18.9. The fraction of sp³-hybridized carbons (Fsp3) is 0.217. The number of benzene rings is 1. The zero-order valence-electron chi connectivity index (χ0n) is 16.2. The van der Waals surface area contributed by atoms with Crippen LogP contribution in [0, 0.1) is 11.3 Å². The average Bonchev–Trinajstić information content (AvgIpc) is 3.12. The molecule has 4 heterocycles. The minimum absolute atomic E-state index is 0.0892. The summed E-state index contributed by atoms with van der Waals surface area (Å²) in [7, 11) is 0. The van der Waals surface area contributed by atoms with Gasteiger partial charge in [-0.2, -0.15) is 5.26 Å². The average molecular weight is 399 g/mol. The van der Waals surface area contributed by atoms with Crippen LogP contribution in [-0.4, -0.2) is 20.6 Å². The lowest BCUT2D eigenvalue weighted by Crippen LogP contribution is -2.44. The van der Waals surface area contributed by atoms with Gasteiger partial charge in [0, 0.05) is 22.1 Å². The maximum absolute atomic E-state index is 13.2. The number of allylic oxidation sites excluding steroid dienone is 1. The van der Waals surface area contributed by atoms with E-state index in [1.165, 1.54) is 0 Å². The molecule has 2 aliphatic rings. The first-order valence-corrected chi connectivity index (χ1v) is 9.58. The molecule has 2 aromatic heterocycles. The summed E-state index contributed by atoms with van der Waals surface area (Å²) >= 11 is 0. The summed E-state index contributed by atoms with van der Waals surface area (Å²) in [6.45, 7) is 5.64. The van der Waals surface area contributed by atoms with E-state index in [1.807, 2.05) is 18.2 Å². The highest BCUT2D eigenvalue weighted by atomic mass is 16.6. The maximum Gasteiger partial charge on any atom is 0.343 e. The molecule has 1 N–H and O–H groups in total. The van der Waals surface area contributed by atoms with Gasteiger partial charge in [-0.3, -0.25) is 4.79 Å². The minimum atomic E-state index is -1.86. The van der Waals surface area contributed by atoms with Gasteiger partial charge in [-0.1, -0.05) is 31.7 Å². The number of rotatable bonds is 2. The van der Waals surface area contributed by atoms with E-state index in [4.69, 9.17) is 9.72 Å². The molecule has 30 heavy (non-hydrogen) atoms. The Balaban J connectivity index is 1.81. The van der Waals surface area contributed by atoms with Crippen LogP contribution in [0.25, 0.3) is 27.9 Å². The second-order valence-corrected chi connectivity index (χ2v) is 7.57. The topological polar surface area (TPSA) is 105 Å². The summed E-state index contributed by atoms with van der Waals surface area (Å²) in [4.78, 5) is 30.2. The zero-order chi connectivity index (χ0) is 21.2. The van der Waals surface area contributed by atoms with Crippen LogP contribution in [0.1, 0.15) is 35.6 Å². The van der Waals surface area contributed by atoms with E-state index in [0.717, 1.165) is 10.9 Å². The molecule has 1 atom stereocenters. The monoisotopic (exact) mass is 399 g/mol. The summed E-state index contributed by atoms with van der Waals surface area (Å²) in [5.74, 6) is -0.751. The van der Waals surface area contributed by atoms with Crippen molar-refractivity contribution in [3.05, 3.63) is 69.5 Å². The summed E-state index contributed by atoms with van der Waals surface area (Å²) in [6, 6.07) is 11.2. The molecule has 0 amide bonds. The van der Waals surface area contributed by atoms with Crippen LogP contribution in [0.4, 0.5) is 0 Å². The largest absolute Gasteiger partial charge is 0.458 e. The third kappa shape index (κ3) is 2.25. The smallest absolute Gasteiger partial charge is 0.343 e. The van der Waals surface area contributed by atoms with Crippen LogP contribution in [0.5, 0.6) is 0 Å². The number of aromatic nitrogens is 2. The van der Waals surface area contributed by atoms with Gasteiger partial charge < -0.3 is 14.4 Å². The van der Waals surface area contributed by atoms with E-state index >= 15 is 0 Å². The van der Waals surface area contributed by atoms with E-state index in [1.54, 1.807) is 23.6 Å². The minimum Gasteiger partial charge on any atom is -0.458 e. The van der Waals surface area contributed by atoms with Crippen LogP contribution in [0.3, 0.4) is 0 Å². The second kappa shape index (κ2) is 6.12. The molecule has 7 heteroatoms. The van der Waals surface area contributed by atoms with Crippen LogP contribution < -0.4 is 5.56 Å². The highest BCUT2D eigenvalue weighted by Gasteiger charge is 2.45. The third-order valence-electron chi connectivity index (χ3n) is 6.00. The van der Waals surface area contributed by atoms with Crippen molar-refractivity contribution in [2.45, 2.75) is 32.1 Å². The quantitative estimate of drug-likeness (QED) is 0.410. The molecule has 0 bridgehead atoms. The molecule has 0 radical (unpaired) electrons. The van der Waals surface area contributed by atoms with E-state index < -0.39 is 11.6 Å². The van der Waals surface area contributed by atoms with Crippen LogP contribution in [0.15, 0.2) is 41.7 Å². The van der Waals surface area contributed by atoms with Crippen molar-refractivity contribution in [3.8, 4) is 17.5 Å². The molecular weight excluding hydrogens is 382 g/mol. The molecule has 0 unspecified atom stereocenters. The Morgan fingerprint density at radius 2 is 2.20 bits per heavy atom. The lowest BCUT2D eigenvalue weighted by atomic mass is 9.86. The highest BCUT2D eigenvalue weighted by molar-refractivity contribution is 5.95. The Labute approximate surface area is 171 Å². The number of pyridine rings is 2. The van der Waals surface area contributed by atoms with Gasteiger partial charge in [0.25, 0.3) is 5.56 Å². The molecule has 0 spiro atoms. The summed E-state index contributed by atoms with van der Waals surface area (Å²) in [5, 5.41) is 21.1. The van der Waals surface area contributed by atoms with Crippen LogP contribution >= 0.6 is 0 Å². The van der Waals surface area contributed by atoms with Crippen molar-refractivity contribution in [2.24, 2.45) is 0 Å². The predicted octanol–water partition coefficient (Wildman–Crippen LogP) is 2.62. The molecule has 0 aliphatic carbocycles. The van der Waals surface area contributed by atoms with Crippen molar-refractivity contribution in [1.82, 2.24) is 9.55 Å². The van der Waals surface area contributed by atoms with Gasteiger partial charge in [0.15, 0.2) is 5.60 Å². The lowest BCUT2D eigenvalue weighted by Gasteiger charge is -2.31. The van der Waals surface area contributed by atoms with Crippen LogP contribution in [0.2, 0.25) is 0 Å². The Morgan fingerprint density at radius 3 is 2.93 bits per heavy atom. The number of carbonyl (C=O) groups excluding carboxylic acids is 1. The van der Waals surface area contributed by atoms with Gasteiger partial charge in [-0.15, -0.1) is 0 Å². The van der Waals surface area contributed by atoms with Crippen LogP contribution in [-0.2, 0) is 28.3 Å². The van der Waals surface area contributed by atoms with Gasteiger partial charge in [0.1, 0.15) is 6.61 Å². The fourth-order valence-corrected chi connectivity index (χ4v) is 4.31. The number of ether oxygens (including phenoxy) is 1. The van der Waals surface area contributed by atoms with Crippen molar-refractivity contribution < 1.29 is 14.6 Å². The number of nitrogens with zero attached hydrogens (tertiary/aromatic N) is 3. The number of esters is 1. The number of nitriles is 1. The Morgan fingerprint density at radius 1 is 1.40 bits per heavy atom. The number of aliphatic hydroxyl groups is 1. The van der Waals surface area contributed by atoms with Gasteiger partial charge in [0.2, 0.25) is 0 Å². The summed E-state index contributed by atoms with van der Waals surface area (Å²) < 4.78 is 6.67.